The SMILES string of the molecule is N#Cc1ccc(NCCCOC2CCCCC2)nc1. The summed E-state index contributed by atoms with van der Waals surface area (Å²) in [5.74, 6) is 0.816. The molecule has 0 saturated heterocycles. The first-order valence-corrected chi connectivity index (χ1v) is 7.10. The molecule has 0 spiro atoms. The molecule has 0 atom stereocenters. The van der Waals surface area contributed by atoms with Crippen LogP contribution in [0.3, 0.4) is 0 Å². The maximum absolute atomic E-state index is 8.67. The van der Waals surface area contributed by atoms with Gasteiger partial charge in [0.25, 0.3) is 0 Å². The van der Waals surface area contributed by atoms with E-state index in [1.807, 2.05) is 6.07 Å². The quantitative estimate of drug-likeness (QED) is 0.797. The number of nitriles is 1. The first-order valence-electron chi connectivity index (χ1n) is 7.10. The van der Waals surface area contributed by atoms with Crippen LogP contribution >= 0.6 is 0 Å². The Kier molecular flexibility index (Phi) is 5.64. The van der Waals surface area contributed by atoms with Gasteiger partial charge in [-0.15, -0.1) is 0 Å². The Balaban J connectivity index is 1.57. The van der Waals surface area contributed by atoms with Crippen LogP contribution in [0.1, 0.15) is 44.1 Å². The van der Waals surface area contributed by atoms with E-state index in [0.717, 1.165) is 25.4 Å². The lowest BCUT2D eigenvalue weighted by Crippen LogP contribution is -2.18. The fourth-order valence-electron chi connectivity index (χ4n) is 2.33. The number of hydrogen-bond acceptors (Lipinski definition) is 4. The summed E-state index contributed by atoms with van der Waals surface area (Å²) in [5, 5.41) is 11.9. The summed E-state index contributed by atoms with van der Waals surface area (Å²) in [5.41, 5.74) is 0.589. The van der Waals surface area contributed by atoms with Gasteiger partial charge in [-0.05, 0) is 31.4 Å². The molecule has 2 rings (SSSR count). The molecule has 1 aliphatic rings. The van der Waals surface area contributed by atoms with E-state index in [9.17, 15) is 0 Å². The van der Waals surface area contributed by atoms with Gasteiger partial charge in [0.05, 0.1) is 11.7 Å². The molecule has 0 unspecified atom stereocenters. The zero-order valence-electron chi connectivity index (χ0n) is 11.3. The summed E-state index contributed by atoms with van der Waals surface area (Å²) >= 11 is 0. The number of nitrogens with zero attached hydrogens (tertiary/aromatic N) is 2. The zero-order chi connectivity index (χ0) is 13.3. The van der Waals surface area contributed by atoms with E-state index in [-0.39, 0.29) is 0 Å². The van der Waals surface area contributed by atoms with Crippen LogP contribution < -0.4 is 5.32 Å². The molecular weight excluding hydrogens is 238 g/mol. The van der Waals surface area contributed by atoms with Crippen molar-refractivity contribution in [1.82, 2.24) is 4.98 Å². The second kappa shape index (κ2) is 7.75. The van der Waals surface area contributed by atoms with E-state index in [2.05, 4.69) is 16.4 Å². The summed E-state index contributed by atoms with van der Waals surface area (Å²) in [6, 6.07) is 5.66. The Bertz CT molecular complexity index is 404. The minimum atomic E-state index is 0.488. The van der Waals surface area contributed by atoms with Crippen LogP contribution in [-0.4, -0.2) is 24.2 Å². The largest absolute Gasteiger partial charge is 0.378 e. The van der Waals surface area contributed by atoms with Crippen molar-refractivity contribution < 1.29 is 4.74 Å². The first kappa shape index (κ1) is 13.8. The molecule has 0 aromatic carbocycles. The van der Waals surface area contributed by atoms with Gasteiger partial charge < -0.3 is 10.1 Å². The number of hydrogen-bond donors (Lipinski definition) is 1. The average molecular weight is 259 g/mol. The third-order valence-corrected chi connectivity index (χ3v) is 3.43. The van der Waals surface area contributed by atoms with Gasteiger partial charge in [0.2, 0.25) is 0 Å². The number of rotatable bonds is 6. The molecular formula is C15H21N3O. The van der Waals surface area contributed by atoms with Crippen LogP contribution in [0.4, 0.5) is 5.82 Å². The standard InChI is InChI=1S/C15H21N3O/c16-11-13-7-8-15(18-12-13)17-9-4-10-19-14-5-2-1-3-6-14/h7-8,12,14H,1-6,9-10H2,(H,17,18). The van der Waals surface area contributed by atoms with Crippen molar-refractivity contribution in [1.29, 1.82) is 5.26 Å². The average Bonchev–Trinajstić information content (AvgIpc) is 2.49. The van der Waals surface area contributed by atoms with Crippen LogP contribution in [0.25, 0.3) is 0 Å². The minimum Gasteiger partial charge on any atom is -0.378 e. The van der Waals surface area contributed by atoms with Crippen molar-refractivity contribution in [3.8, 4) is 6.07 Å². The number of pyridine rings is 1. The molecule has 0 bridgehead atoms. The Morgan fingerprint density at radius 1 is 1.32 bits per heavy atom. The number of ether oxygens (including phenoxy) is 1. The first-order chi connectivity index (χ1) is 9.38. The number of anilines is 1. The molecule has 19 heavy (non-hydrogen) atoms. The minimum absolute atomic E-state index is 0.488. The number of nitrogens with one attached hydrogen (secondary N) is 1. The molecule has 1 aromatic rings. The van der Waals surface area contributed by atoms with Gasteiger partial charge in [-0.2, -0.15) is 5.26 Å². The molecule has 0 amide bonds. The Labute approximate surface area is 114 Å². The van der Waals surface area contributed by atoms with Gasteiger partial charge in [0, 0.05) is 19.3 Å². The predicted octanol–water partition coefficient (Wildman–Crippen LogP) is 3.10. The lowest BCUT2D eigenvalue weighted by atomic mass is 9.98. The lowest BCUT2D eigenvalue weighted by molar-refractivity contribution is 0.0284. The van der Waals surface area contributed by atoms with Crippen LogP contribution in [0.5, 0.6) is 0 Å². The Morgan fingerprint density at radius 3 is 2.84 bits per heavy atom. The van der Waals surface area contributed by atoms with E-state index < -0.39 is 0 Å². The van der Waals surface area contributed by atoms with E-state index in [1.165, 1.54) is 32.1 Å². The van der Waals surface area contributed by atoms with Crippen LogP contribution in [0.15, 0.2) is 18.3 Å². The van der Waals surface area contributed by atoms with Crippen LogP contribution in [-0.2, 0) is 4.74 Å². The van der Waals surface area contributed by atoms with Crippen molar-refractivity contribution >= 4 is 5.82 Å². The summed E-state index contributed by atoms with van der Waals surface area (Å²) in [6.45, 7) is 1.67. The summed E-state index contributed by atoms with van der Waals surface area (Å²) in [4.78, 5) is 4.16. The van der Waals surface area contributed by atoms with Crippen LogP contribution in [0.2, 0.25) is 0 Å². The van der Waals surface area contributed by atoms with E-state index in [1.54, 1.807) is 12.3 Å². The summed E-state index contributed by atoms with van der Waals surface area (Å²) < 4.78 is 5.85. The highest BCUT2D eigenvalue weighted by Crippen LogP contribution is 2.20. The van der Waals surface area contributed by atoms with E-state index >= 15 is 0 Å². The molecule has 102 valence electrons. The summed E-state index contributed by atoms with van der Waals surface area (Å²) in [6.07, 6.45) is 9.51. The number of aromatic nitrogens is 1. The normalized spacial score (nSPS) is 15.9. The van der Waals surface area contributed by atoms with E-state index in [0.29, 0.717) is 11.7 Å². The Hall–Kier alpha value is -1.60. The third-order valence-electron chi connectivity index (χ3n) is 3.43. The monoisotopic (exact) mass is 259 g/mol. The molecule has 1 aliphatic carbocycles. The lowest BCUT2D eigenvalue weighted by Gasteiger charge is -2.21. The maximum Gasteiger partial charge on any atom is 0.125 e. The fraction of sp³-hybridized carbons (Fsp3) is 0.600. The highest BCUT2D eigenvalue weighted by Gasteiger charge is 2.12. The molecule has 1 aromatic heterocycles. The van der Waals surface area contributed by atoms with Gasteiger partial charge in [-0.1, -0.05) is 19.3 Å². The van der Waals surface area contributed by atoms with Crippen molar-refractivity contribution in [3.63, 3.8) is 0 Å². The molecule has 4 heteroatoms. The topological polar surface area (TPSA) is 57.9 Å². The predicted molar refractivity (Wildman–Crippen MR) is 74.9 cm³/mol. The fourth-order valence-corrected chi connectivity index (χ4v) is 2.33. The van der Waals surface area contributed by atoms with Crippen molar-refractivity contribution in [2.75, 3.05) is 18.5 Å². The third kappa shape index (κ3) is 4.88. The van der Waals surface area contributed by atoms with Gasteiger partial charge in [-0.25, -0.2) is 4.98 Å². The van der Waals surface area contributed by atoms with Crippen molar-refractivity contribution in [2.24, 2.45) is 0 Å². The second-order valence-corrected chi connectivity index (χ2v) is 4.96. The molecule has 1 N–H and O–H groups in total. The highest BCUT2D eigenvalue weighted by atomic mass is 16.5. The highest BCUT2D eigenvalue weighted by molar-refractivity contribution is 5.38. The van der Waals surface area contributed by atoms with Crippen molar-refractivity contribution in [2.45, 2.75) is 44.6 Å². The van der Waals surface area contributed by atoms with E-state index in [4.69, 9.17) is 10.00 Å². The molecule has 1 fully saturated rings. The van der Waals surface area contributed by atoms with Gasteiger partial charge in [0.1, 0.15) is 11.9 Å². The van der Waals surface area contributed by atoms with Gasteiger partial charge in [-0.3, -0.25) is 0 Å². The maximum atomic E-state index is 8.67. The smallest absolute Gasteiger partial charge is 0.125 e. The molecule has 0 radical (unpaired) electrons. The van der Waals surface area contributed by atoms with Crippen LogP contribution in [0, 0.1) is 11.3 Å². The summed E-state index contributed by atoms with van der Waals surface area (Å²) in [7, 11) is 0. The van der Waals surface area contributed by atoms with Gasteiger partial charge in [0.15, 0.2) is 0 Å². The van der Waals surface area contributed by atoms with Gasteiger partial charge >= 0.3 is 0 Å². The molecule has 1 saturated carbocycles. The molecule has 0 aliphatic heterocycles. The second-order valence-electron chi connectivity index (χ2n) is 4.96. The zero-order valence-corrected chi connectivity index (χ0v) is 11.3. The molecule has 1 heterocycles. The molecule has 4 nitrogen and oxygen atoms in total. The Morgan fingerprint density at radius 2 is 2.16 bits per heavy atom. The van der Waals surface area contributed by atoms with Crippen molar-refractivity contribution in [3.05, 3.63) is 23.9 Å².